The van der Waals surface area contributed by atoms with Crippen molar-refractivity contribution in [3.05, 3.63) is 28.2 Å². The molecule has 0 bridgehead atoms. The Morgan fingerprint density at radius 2 is 2.15 bits per heavy atom. The Kier molecular flexibility index (Phi) is 4.86. The highest BCUT2D eigenvalue weighted by atomic mass is 79.9. The molecule has 1 saturated heterocycles. The van der Waals surface area contributed by atoms with Gasteiger partial charge in [-0.1, -0.05) is 6.42 Å². The molecule has 4 nitrogen and oxygen atoms in total. The summed E-state index contributed by atoms with van der Waals surface area (Å²) in [5.74, 6) is 0.444. The molecule has 1 aliphatic heterocycles. The van der Waals surface area contributed by atoms with E-state index in [1.54, 1.807) is 18.2 Å². The normalized spacial score (nSPS) is 21.4. The molecule has 0 radical (unpaired) electrons. The van der Waals surface area contributed by atoms with Crippen molar-refractivity contribution < 1.29 is 17.9 Å². The van der Waals surface area contributed by atoms with Crippen LogP contribution in [-0.4, -0.2) is 31.8 Å². The number of benzene rings is 1. The molecule has 1 aliphatic rings. The Morgan fingerprint density at radius 3 is 2.75 bits per heavy atom. The van der Waals surface area contributed by atoms with Gasteiger partial charge in [-0.3, -0.25) is 4.79 Å². The van der Waals surface area contributed by atoms with Crippen molar-refractivity contribution in [2.75, 3.05) is 12.4 Å². The van der Waals surface area contributed by atoms with E-state index in [-0.39, 0.29) is 11.5 Å². The molecule has 110 valence electrons. The summed E-state index contributed by atoms with van der Waals surface area (Å²) in [6, 6.07) is 5.02. The van der Waals surface area contributed by atoms with E-state index >= 15 is 0 Å². The number of halogens is 1. The molecule has 1 fully saturated rings. The van der Waals surface area contributed by atoms with Crippen LogP contribution in [0.1, 0.15) is 36.5 Å². The van der Waals surface area contributed by atoms with Crippen LogP contribution in [0.15, 0.2) is 22.7 Å². The SMILES string of the molecule is CCOc1ccc(C(=O)C2CCCCS2(=O)=O)c(Br)c1. The van der Waals surface area contributed by atoms with Gasteiger partial charge in [0, 0.05) is 10.0 Å². The smallest absolute Gasteiger partial charge is 0.182 e. The maximum absolute atomic E-state index is 12.5. The minimum absolute atomic E-state index is 0.109. The summed E-state index contributed by atoms with van der Waals surface area (Å²) < 4.78 is 30.0. The molecular formula is C14H17BrO4S. The summed E-state index contributed by atoms with van der Waals surface area (Å²) in [5, 5.41) is -0.898. The van der Waals surface area contributed by atoms with Crippen molar-refractivity contribution in [2.24, 2.45) is 0 Å². The van der Waals surface area contributed by atoms with Gasteiger partial charge in [0.05, 0.1) is 12.4 Å². The number of sulfone groups is 1. The average molecular weight is 361 g/mol. The van der Waals surface area contributed by atoms with Gasteiger partial charge in [0.25, 0.3) is 0 Å². The first-order valence-corrected chi connectivity index (χ1v) is 9.14. The van der Waals surface area contributed by atoms with Crippen molar-refractivity contribution in [3.8, 4) is 5.75 Å². The zero-order valence-electron chi connectivity index (χ0n) is 11.3. The second-order valence-electron chi connectivity index (χ2n) is 4.79. The molecule has 1 unspecified atom stereocenters. The van der Waals surface area contributed by atoms with E-state index < -0.39 is 15.1 Å². The van der Waals surface area contributed by atoms with Crippen LogP contribution in [0.25, 0.3) is 0 Å². The lowest BCUT2D eigenvalue weighted by Gasteiger charge is -2.21. The summed E-state index contributed by atoms with van der Waals surface area (Å²) in [6.45, 7) is 2.41. The summed E-state index contributed by atoms with van der Waals surface area (Å²) in [6.07, 6.45) is 1.85. The number of hydrogen-bond acceptors (Lipinski definition) is 4. The highest BCUT2D eigenvalue weighted by Gasteiger charge is 2.35. The third-order valence-corrected chi connectivity index (χ3v) is 6.22. The number of ketones is 1. The quantitative estimate of drug-likeness (QED) is 0.774. The Labute approximate surface area is 127 Å². The first-order valence-electron chi connectivity index (χ1n) is 6.64. The van der Waals surface area contributed by atoms with Crippen LogP contribution in [-0.2, 0) is 9.84 Å². The van der Waals surface area contributed by atoms with E-state index in [1.165, 1.54) is 0 Å². The van der Waals surface area contributed by atoms with Gasteiger partial charge in [0.2, 0.25) is 0 Å². The number of Topliss-reactive ketones (excluding diaryl/α,β-unsaturated/α-hetero) is 1. The number of rotatable bonds is 4. The van der Waals surface area contributed by atoms with Crippen LogP contribution < -0.4 is 4.74 Å². The molecule has 0 aliphatic carbocycles. The van der Waals surface area contributed by atoms with Crippen LogP contribution in [0.2, 0.25) is 0 Å². The van der Waals surface area contributed by atoms with Gasteiger partial charge >= 0.3 is 0 Å². The molecule has 0 saturated carbocycles. The molecule has 0 amide bonds. The van der Waals surface area contributed by atoms with Crippen LogP contribution >= 0.6 is 15.9 Å². The van der Waals surface area contributed by atoms with E-state index in [4.69, 9.17) is 4.74 Å². The molecule has 1 atom stereocenters. The third-order valence-electron chi connectivity index (χ3n) is 3.39. The topological polar surface area (TPSA) is 60.4 Å². The predicted molar refractivity (Wildman–Crippen MR) is 81.1 cm³/mol. The third kappa shape index (κ3) is 3.23. The summed E-state index contributed by atoms with van der Waals surface area (Å²) in [7, 11) is -3.31. The number of hydrogen-bond donors (Lipinski definition) is 0. The van der Waals surface area contributed by atoms with Gasteiger partial charge in [0.15, 0.2) is 15.6 Å². The molecule has 6 heteroatoms. The Hall–Kier alpha value is -0.880. The van der Waals surface area contributed by atoms with Crippen molar-refractivity contribution in [2.45, 2.75) is 31.4 Å². The second-order valence-corrected chi connectivity index (χ2v) is 7.95. The zero-order valence-corrected chi connectivity index (χ0v) is 13.7. The van der Waals surface area contributed by atoms with Crippen LogP contribution in [0.5, 0.6) is 5.75 Å². The molecule has 1 aromatic carbocycles. The Morgan fingerprint density at radius 1 is 1.40 bits per heavy atom. The largest absolute Gasteiger partial charge is 0.494 e. The number of carbonyl (C=O) groups is 1. The van der Waals surface area contributed by atoms with Gasteiger partial charge in [-0.05, 0) is 53.9 Å². The maximum atomic E-state index is 12.5. The molecular weight excluding hydrogens is 344 g/mol. The fourth-order valence-electron chi connectivity index (χ4n) is 2.37. The van der Waals surface area contributed by atoms with Gasteiger partial charge in [0.1, 0.15) is 11.0 Å². The summed E-state index contributed by atoms with van der Waals surface area (Å²) >= 11 is 3.33. The van der Waals surface area contributed by atoms with Gasteiger partial charge in [-0.15, -0.1) is 0 Å². The standard InChI is InChI=1S/C14H17BrO4S/c1-2-19-10-6-7-11(12(15)9-10)14(16)13-5-3-4-8-20(13,17)18/h6-7,9,13H,2-5,8H2,1H3. The highest BCUT2D eigenvalue weighted by Crippen LogP contribution is 2.28. The predicted octanol–water partition coefficient (Wildman–Crippen LogP) is 3.00. The molecule has 0 N–H and O–H groups in total. The number of ether oxygens (including phenoxy) is 1. The van der Waals surface area contributed by atoms with Crippen molar-refractivity contribution in [3.63, 3.8) is 0 Å². The van der Waals surface area contributed by atoms with Crippen LogP contribution in [0.4, 0.5) is 0 Å². The lowest BCUT2D eigenvalue weighted by Crippen LogP contribution is -2.35. The van der Waals surface area contributed by atoms with Crippen molar-refractivity contribution in [1.29, 1.82) is 0 Å². The lowest BCUT2D eigenvalue weighted by molar-refractivity contribution is 0.0980. The van der Waals surface area contributed by atoms with Crippen molar-refractivity contribution in [1.82, 2.24) is 0 Å². The Bertz CT molecular complexity index is 610. The average Bonchev–Trinajstić information content (AvgIpc) is 2.38. The minimum atomic E-state index is -3.31. The second kappa shape index (κ2) is 6.26. The van der Waals surface area contributed by atoms with Gasteiger partial charge in [-0.25, -0.2) is 8.42 Å². The lowest BCUT2D eigenvalue weighted by atomic mass is 10.0. The molecule has 1 aromatic rings. The highest BCUT2D eigenvalue weighted by molar-refractivity contribution is 9.10. The van der Waals surface area contributed by atoms with Crippen LogP contribution in [0, 0.1) is 0 Å². The minimum Gasteiger partial charge on any atom is -0.494 e. The summed E-state index contributed by atoms with van der Waals surface area (Å²) in [4.78, 5) is 12.5. The van der Waals surface area contributed by atoms with E-state index in [0.29, 0.717) is 35.2 Å². The van der Waals surface area contributed by atoms with Crippen molar-refractivity contribution >= 4 is 31.6 Å². The fraction of sp³-hybridized carbons (Fsp3) is 0.500. The van der Waals surface area contributed by atoms with E-state index in [0.717, 1.165) is 6.42 Å². The molecule has 1 heterocycles. The van der Waals surface area contributed by atoms with Gasteiger partial charge < -0.3 is 4.74 Å². The molecule has 20 heavy (non-hydrogen) atoms. The first kappa shape index (κ1) is 15.5. The molecule has 2 rings (SSSR count). The zero-order chi connectivity index (χ0) is 14.8. The number of carbonyl (C=O) groups excluding carboxylic acids is 1. The van der Waals surface area contributed by atoms with E-state index in [2.05, 4.69) is 15.9 Å². The summed E-state index contributed by atoms with van der Waals surface area (Å²) in [5.41, 5.74) is 0.406. The van der Waals surface area contributed by atoms with Crippen LogP contribution in [0.3, 0.4) is 0 Å². The molecule has 0 spiro atoms. The fourth-order valence-corrected chi connectivity index (χ4v) is 4.80. The Balaban J connectivity index is 2.29. The molecule has 0 aromatic heterocycles. The maximum Gasteiger partial charge on any atom is 0.182 e. The van der Waals surface area contributed by atoms with E-state index in [1.807, 2.05) is 6.92 Å². The monoisotopic (exact) mass is 360 g/mol. The van der Waals surface area contributed by atoms with E-state index in [9.17, 15) is 13.2 Å². The van der Waals surface area contributed by atoms with Gasteiger partial charge in [-0.2, -0.15) is 0 Å². The first-order chi connectivity index (χ1) is 9.45.